The highest BCUT2D eigenvalue weighted by atomic mass is 16.4. The van der Waals surface area contributed by atoms with Crippen molar-refractivity contribution in [3.63, 3.8) is 0 Å². The number of phenolic OH excluding ortho intramolecular Hbond substituents is 1. The summed E-state index contributed by atoms with van der Waals surface area (Å²) in [4.78, 5) is 11.0. The van der Waals surface area contributed by atoms with E-state index in [-0.39, 0.29) is 16.9 Å². The van der Waals surface area contributed by atoms with Gasteiger partial charge in [0, 0.05) is 0 Å². The molecule has 4 nitrogen and oxygen atoms in total. The SMILES string of the molecule is CCC(CC)(c1ccc(O)c(C)c1)c1ccc(C(=O)O)o1. The maximum atomic E-state index is 11.0. The number of carbonyl (C=O) groups is 1. The van der Waals surface area contributed by atoms with Crippen molar-refractivity contribution in [3.8, 4) is 5.75 Å². The fraction of sp³-hybridized carbons (Fsp3) is 0.353. The van der Waals surface area contributed by atoms with Crippen molar-refractivity contribution in [2.75, 3.05) is 0 Å². The third kappa shape index (κ3) is 2.53. The van der Waals surface area contributed by atoms with Crippen LogP contribution in [0.2, 0.25) is 0 Å². The van der Waals surface area contributed by atoms with Gasteiger partial charge in [0.25, 0.3) is 0 Å². The van der Waals surface area contributed by atoms with E-state index in [1.165, 1.54) is 6.07 Å². The molecule has 0 aliphatic rings. The molecule has 0 bridgehead atoms. The Labute approximate surface area is 124 Å². The predicted molar refractivity (Wildman–Crippen MR) is 79.9 cm³/mol. The highest BCUT2D eigenvalue weighted by Crippen LogP contribution is 2.40. The number of carboxylic acids is 1. The lowest BCUT2D eigenvalue weighted by molar-refractivity contribution is 0.0658. The molecule has 0 fully saturated rings. The van der Waals surface area contributed by atoms with Gasteiger partial charge < -0.3 is 14.6 Å². The van der Waals surface area contributed by atoms with E-state index in [9.17, 15) is 9.90 Å². The molecule has 0 spiro atoms. The number of aromatic hydroxyl groups is 1. The summed E-state index contributed by atoms with van der Waals surface area (Å²) in [5.74, 6) is -0.212. The van der Waals surface area contributed by atoms with Crippen molar-refractivity contribution in [1.82, 2.24) is 0 Å². The van der Waals surface area contributed by atoms with Gasteiger partial charge in [-0.05, 0) is 49.1 Å². The van der Waals surface area contributed by atoms with E-state index < -0.39 is 5.97 Å². The average Bonchev–Trinajstić information content (AvgIpc) is 2.95. The first-order chi connectivity index (χ1) is 9.94. The van der Waals surface area contributed by atoms with Crippen LogP contribution < -0.4 is 0 Å². The number of aryl methyl sites for hydroxylation is 1. The molecule has 2 rings (SSSR count). The molecular weight excluding hydrogens is 268 g/mol. The van der Waals surface area contributed by atoms with Gasteiger partial charge in [-0.3, -0.25) is 0 Å². The highest BCUT2D eigenvalue weighted by molar-refractivity contribution is 5.84. The number of furan rings is 1. The van der Waals surface area contributed by atoms with E-state index in [4.69, 9.17) is 9.52 Å². The van der Waals surface area contributed by atoms with E-state index >= 15 is 0 Å². The van der Waals surface area contributed by atoms with Crippen molar-refractivity contribution >= 4 is 5.97 Å². The maximum absolute atomic E-state index is 11.0. The monoisotopic (exact) mass is 288 g/mol. The number of carboxylic acid groups (broad SMARTS) is 1. The quantitative estimate of drug-likeness (QED) is 0.869. The largest absolute Gasteiger partial charge is 0.508 e. The van der Waals surface area contributed by atoms with Crippen LogP contribution in [0.25, 0.3) is 0 Å². The summed E-state index contributed by atoms with van der Waals surface area (Å²) in [6, 6.07) is 8.71. The Morgan fingerprint density at radius 3 is 2.33 bits per heavy atom. The Bertz CT molecular complexity index is 651. The second-order valence-electron chi connectivity index (χ2n) is 5.26. The zero-order valence-corrected chi connectivity index (χ0v) is 12.5. The Balaban J connectivity index is 2.57. The second kappa shape index (κ2) is 5.64. The molecule has 0 radical (unpaired) electrons. The Morgan fingerprint density at radius 2 is 1.86 bits per heavy atom. The fourth-order valence-electron chi connectivity index (χ4n) is 2.81. The molecule has 1 heterocycles. The summed E-state index contributed by atoms with van der Waals surface area (Å²) in [5, 5.41) is 18.7. The van der Waals surface area contributed by atoms with Gasteiger partial charge in [-0.2, -0.15) is 0 Å². The molecule has 1 aromatic carbocycles. The molecule has 0 amide bonds. The topological polar surface area (TPSA) is 70.7 Å². The van der Waals surface area contributed by atoms with E-state index in [0.29, 0.717) is 5.76 Å². The third-order valence-electron chi connectivity index (χ3n) is 4.24. The van der Waals surface area contributed by atoms with Crippen LogP contribution in [-0.2, 0) is 5.41 Å². The van der Waals surface area contributed by atoms with Gasteiger partial charge >= 0.3 is 5.97 Å². The first-order valence-electron chi connectivity index (χ1n) is 7.08. The molecule has 0 saturated carbocycles. The number of hydrogen-bond donors (Lipinski definition) is 2. The zero-order chi connectivity index (χ0) is 15.6. The van der Waals surface area contributed by atoms with Crippen molar-refractivity contribution < 1.29 is 19.4 Å². The van der Waals surface area contributed by atoms with Crippen LogP contribution in [0.4, 0.5) is 0 Å². The molecule has 2 N–H and O–H groups in total. The van der Waals surface area contributed by atoms with Crippen molar-refractivity contribution in [3.05, 3.63) is 53.0 Å². The van der Waals surface area contributed by atoms with Crippen molar-refractivity contribution in [2.24, 2.45) is 0 Å². The normalized spacial score (nSPS) is 11.6. The fourth-order valence-corrected chi connectivity index (χ4v) is 2.81. The lowest BCUT2D eigenvalue weighted by Gasteiger charge is -2.30. The minimum atomic E-state index is -1.07. The van der Waals surface area contributed by atoms with E-state index in [2.05, 4.69) is 13.8 Å². The summed E-state index contributed by atoms with van der Waals surface area (Å²) in [7, 11) is 0. The van der Waals surface area contributed by atoms with Crippen LogP contribution in [0, 0.1) is 6.92 Å². The number of phenols is 1. The van der Waals surface area contributed by atoms with Gasteiger partial charge in [-0.1, -0.05) is 26.0 Å². The van der Waals surface area contributed by atoms with E-state index in [1.54, 1.807) is 12.1 Å². The average molecular weight is 288 g/mol. The lowest BCUT2D eigenvalue weighted by atomic mass is 9.73. The van der Waals surface area contributed by atoms with Gasteiger partial charge in [-0.25, -0.2) is 4.79 Å². The summed E-state index contributed by atoms with van der Waals surface area (Å²) in [6.45, 7) is 5.95. The molecule has 0 atom stereocenters. The van der Waals surface area contributed by atoms with Gasteiger partial charge in [0.2, 0.25) is 5.76 Å². The molecule has 112 valence electrons. The third-order valence-corrected chi connectivity index (χ3v) is 4.24. The molecule has 1 aromatic heterocycles. The Morgan fingerprint density at radius 1 is 1.19 bits per heavy atom. The molecule has 2 aromatic rings. The molecule has 0 aliphatic heterocycles. The predicted octanol–water partition coefficient (Wildman–Crippen LogP) is 4.10. The Kier molecular flexibility index (Phi) is 4.07. The van der Waals surface area contributed by atoms with Gasteiger partial charge in [0.1, 0.15) is 11.5 Å². The molecule has 0 saturated heterocycles. The minimum absolute atomic E-state index is 0.0493. The minimum Gasteiger partial charge on any atom is -0.508 e. The molecular formula is C17H20O4. The molecule has 0 aliphatic carbocycles. The van der Waals surface area contributed by atoms with Gasteiger partial charge in [0.05, 0.1) is 5.41 Å². The maximum Gasteiger partial charge on any atom is 0.371 e. The second-order valence-corrected chi connectivity index (χ2v) is 5.26. The van der Waals surface area contributed by atoms with Gasteiger partial charge in [0.15, 0.2) is 0 Å². The van der Waals surface area contributed by atoms with Crippen LogP contribution in [0.15, 0.2) is 34.7 Å². The van der Waals surface area contributed by atoms with Crippen LogP contribution in [0.1, 0.15) is 54.1 Å². The number of rotatable bonds is 5. The number of benzene rings is 1. The van der Waals surface area contributed by atoms with Crippen LogP contribution >= 0.6 is 0 Å². The number of aromatic carboxylic acids is 1. The Hall–Kier alpha value is -2.23. The van der Waals surface area contributed by atoms with E-state index in [1.807, 2.05) is 19.1 Å². The first-order valence-corrected chi connectivity index (χ1v) is 7.08. The lowest BCUT2D eigenvalue weighted by Crippen LogP contribution is -2.25. The van der Waals surface area contributed by atoms with Crippen molar-refractivity contribution in [1.29, 1.82) is 0 Å². The summed E-state index contributed by atoms with van der Waals surface area (Å²) >= 11 is 0. The standard InChI is InChI=1S/C17H20O4/c1-4-17(5-2,12-6-7-13(18)11(3)10-12)15-9-8-14(21-15)16(19)20/h6-10,18H,4-5H2,1-3H3,(H,19,20). The molecule has 0 unspecified atom stereocenters. The zero-order valence-electron chi connectivity index (χ0n) is 12.5. The van der Waals surface area contributed by atoms with Crippen LogP contribution in [-0.4, -0.2) is 16.2 Å². The summed E-state index contributed by atoms with van der Waals surface area (Å²) < 4.78 is 5.55. The first kappa shape index (κ1) is 15.2. The van der Waals surface area contributed by atoms with Crippen LogP contribution in [0.3, 0.4) is 0 Å². The number of hydrogen-bond acceptors (Lipinski definition) is 3. The molecule has 4 heteroatoms. The van der Waals surface area contributed by atoms with E-state index in [0.717, 1.165) is 24.0 Å². The van der Waals surface area contributed by atoms with Gasteiger partial charge in [-0.15, -0.1) is 0 Å². The highest BCUT2D eigenvalue weighted by Gasteiger charge is 2.34. The molecule has 21 heavy (non-hydrogen) atoms. The van der Waals surface area contributed by atoms with Crippen molar-refractivity contribution in [2.45, 2.75) is 39.0 Å². The summed E-state index contributed by atoms with van der Waals surface area (Å²) in [5.41, 5.74) is 1.43. The van der Waals surface area contributed by atoms with Crippen LogP contribution in [0.5, 0.6) is 5.75 Å². The smallest absolute Gasteiger partial charge is 0.371 e. The summed E-state index contributed by atoms with van der Waals surface area (Å²) in [6.07, 6.45) is 1.56.